The Morgan fingerprint density at radius 1 is 1.38 bits per heavy atom. The summed E-state index contributed by atoms with van der Waals surface area (Å²) in [6.45, 7) is 5.07. The minimum Gasteiger partial charge on any atom is -0.468 e. The van der Waals surface area contributed by atoms with Crippen LogP contribution in [0.4, 0.5) is 4.79 Å². The maximum atomic E-state index is 12.7. The highest BCUT2D eigenvalue weighted by Gasteiger charge is 2.36. The molecule has 1 aliphatic rings. The van der Waals surface area contributed by atoms with E-state index in [9.17, 15) is 9.59 Å². The SMILES string of the molecule is COC(=O)CN(C(=O)OC(C)(C)C)C1CCc2c(/C(N)=N\O)cccc21. The zero-order valence-electron chi connectivity index (χ0n) is 15.5. The molecule has 0 heterocycles. The molecule has 2 rings (SSSR count). The van der Waals surface area contributed by atoms with Crippen LogP contribution >= 0.6 is 0 Å². The second-order valence-corrected chi connectivity index (χ2v) is 7.10. The number of fused-ring (bicyclic) bond motifs is 1. The van der Waals surface area contributed by atoms with Gasteiger partial charge in [0.25, 0.3) is 0 Å². The quantitative estimate of drug-likeness (QED) is 0.279. The van der Waals surface area contributed by atoms with E-state index in [0.717, 1.165) is 11.1 Å². The second-order valence-electron chi connectivity index (χ2n) is 7.10. The lowest BCUT2D eigenvalue weighted by atomic mass is 10.0. The van der Waals surface area contributed by atoms with Gasteiger partial charge in [0.1, 0.15) is 12.1 Å². The molecule has 1 amide bonds. The summed E-state index contributed by atoms with van der Waals surface area (Å²) in [4.78, 5) is 25.9. The maximum Gasteiger partial charge on any atom is 0.411 e. The fraction of sp³-hybridized carbons (Fsp3) is 0.500. The van der Waals surface area contributed by atoms with Crippen molar-refractivity contribution in [3.63, 3.8) is 0 Å². The minimum absolute atomic E-state index is 0.0132. The number of ether oxygens (including phenoxy) is 2. The van der Waals surface area contributed by atoms with Crippen molar-refractivity contribution in [2.75, 3.05) is 13.7 Å². The normalized spacial score (nSPS) is 16.8. The van der Waals surface area contributed by atoms with E-state index < -0.39 is 17.7 Å². The molecule has 0 aromatic heterocycles. The van der Waals surface area contributed by atoms with E-state index in [1.165, 1.54) is 12.0 Å². The fourth-order valence-electron chi connectivity index (χ4n) is 3.08. The first-order chi connectivity index (χ1) is 12.2. The number of carbonyl (C=O) groups is 2. The smallest absolute Gasteiger partial charge is 0.411 e. The van der Waals surface area contributed by atoms with Gasteiger partial charge in [-0.3, -0.25) is 9.69 Å². The Morgan fingerprint density at radius 3 is 2.65 bits per heavy atom. The molecular formula is C18H25N3O5. The molecule has 0 fully saturated rings. The predicted octanol–water partition coefficient (Wildman–Crippen LogP) is 2.18. The molecule has 142 valence electrons. The van der Waals surface area contributed by atoms with E-state index in [0.29, 0.717) is 18.4 Å². The monoisotopic (exact) mass is 363 g/mol. The van der Waals surface area contributed by atoms with Crippen LogP contribution in [0.25, 0.3) is 0 Å². The number of oxime groups is 1. The number of carbonyl (C=O) groups excluding carboxylic acids is 2. The van der Waals surface area contributed by atoms with Crippen LogP contribution in [0.2, 0.25) is 0 Å². The van der Waals surface area contributed by atoms with Crippen molar-refractivity contribution in [2.45, 2.75) is 45.3 Å². The molecule has 8 nitrogen and oxygen atoms in total. The molecule has 1 unspecified atom stereocenters. The van der Waals surface area contributed by atoms with Gasteiger partial charge >= 0.3 is 12.1 Å². The number of hydrogen-bond acceptors (Lipinski definition) is 6. The Morgan fingerprint density at radius 2 is 2.08 bits per heavy atom. The number of nitrogens with zero attached hydrogens (tertiary/aromatic N) is 2. The third-order valence-corrected chi connectivity index (χ3v) is 4.15. The third kappa shape index (κ3) is 4.25. The zero-order valence-corrected chi connectivity index (χ0v) is 15.5. The number of amidine groups is 1. The number of rotatable bonds is 4. The van der Waals surface area contributed by atoms with Gasteiger partial charge in [-0.15, -0.1) is 0 Å². The van der Waals surface area contributed by atoms with Crippen molar-refractivity contribution in [1.82, 2.24) is 4.90 Å². The van der Waals surface area contributed by atoms with Crippen molar-refractivity contribution in [3.05, 3.63) is 34.9 Å². The van der Waals surface area contributed by atoms with Gasteiger partial charge in [-0.1, -0.05) is 23.4 Å². The van der Waals surface area contributed by atoms with E-state index in [4.69, 9.17) is 20.4 Å². The first-order valence-corrected chi connectivity index (χ1v) is 8.34. The highest BCUT2D eigenvalue weighted by molar-refractivity contribution is 5.99. The van der Waals surface area contributed by atoms with Crippen LogP contribution in [0.5, 0.6) is 0 Å². The summed E-state index contributed by atoms with van der Waals surface area (Å²) in [7, 11) is 1.27. The second kappa shape index (κ2) is 7.63. The van der Waals surface area contributed by atoms with Crippen molar-refractivity contribution in [3.8, 4) is 0 Å². The van der Waals surface area contributed by atoms with Crippen molar-refractivity contribution in [2.24, 2.45) is 10.9 Å². The standard InChI is InChI=1S/C18H25N3O5/c1-18(2,3)26-17(23)21(10-15(22)25-4)14-9-8-11-12(14)6-5-7-13(11)16(19)20-24/h5-7,14,24H,8-10H2,1-4H3,(H2,19,20). The van der Waals surface area contributed by atoms with Crippen LogP contribution in [0.15, 0.2) is 23.4 Å². The molecule has 0 radical (unpaired) electrons. The summed E-state index contributed by atoms with van der Waals surface area (Å²) in [6, 6.07) is 5.05. The number of nitrogens with two attached hydrogens (primary N) is 1. The number of amides is 1. The average molecular weight is 363 g/mol. The molecule has 26 heavy (non-hydrogen) atoms. The molecule has 1 aromatic rings. The molecule has 0 saturated heterocycles. The van der Waals surface area contributed by atoms with Gasteiger partial charge in [0.2, 0.25) is 0 Å². The molecule has 0 saturated carbocycles. The van der Waals surface area contributed by atoms with Crippen LogP contribution < -0.4 is 5.73 Å². The van der Waals surface area contributed by atoms with E-state index in [2.05, 4.69) is 5.16 Å². The van der Waals surface area contributed by atoms with Crippen LogP contribution in [-0.2, 0) is 20.7 Å². The summed E-state index contributed by atoms with van der Waals surface area (Å²) in [6.07, 6.45) is 0.642. The molecular weight excluding hydrogens is 338 g/mol. The first-order valence-electron chi connectivity index (χ1n) is 8.34. The van der Waals surface area contributed by atoms with Crippen LogP contribution in [0, 0.1) is 0 Å². The number of methoxy groups -OCH3 is 1. The Hall–Kier alpha value is -2.77. The van der Waals surface area contributed by atoms with Gasteiger partial charge < -0.3 is 20.4 Å². The topological polar surface area (TPSA) is 114 Å². The van der Waals surface area contributed by atoms with E-state index >= 15 is 0 Å². The minimum atomic E-state index is -0.692. The largest absolute Gasteiger partial charge is 0.468 e. The van der Waals surface area contributed by atoms with Crippen molar-refractivity contribution >= 4 is 17.9 Å². The summed E-state index contributed by atoms with van der Waals surface area (Å²) in [5.74, 6) is -0.517. The van der Waals surface area contributed by atoms with E-state index in [1.807, 2.05) is 6.07 Å². The van der Waals surface area contributed by atoms with Crippen LogP contribution in [0.1, 0.15) is 49.9 Å². The average Bonchev–Trinajstić information content (AvgIpc) is 3.00. The molecule has 0 bridgehead atoms. The molecule has 1 atom stereocenters. The van der Waals surface area contributed by atoms with Gasteiger partial charge in [-0.25, -0.2) is 4.79 Å². The van der Waals surface area contributed by atoms with Crippen LogP contribution in [-0.4, -0.2) is 47.3 Å². The number of esters is 1. The Bertz CT molecular complexity index is 724. The van der Waals surface area contributed by atoms with Gasteiger partial charge in [0.05, 0.1) is 13.2 Å². The Kier molecular flexibility index (Phi) is 5.74. The number of hydrogen-bond donors (Lipinski definition) is 2. The molecule has 0 aliphatic heterocycles. The van der Waals surface area contributed by atoms with Gasteiger partial charge in [-0.05, 0) is 44.7 Å². The predicted molar refractivity (Wildman–Crippen MR) is 95.0 cm³/mol. The zero-order chi connectivity index (χ0) is 19.5. The molecule has 1 aromatic carbocycles. The summed E-state index contributed by atoms with van der Waals surface area (Å²) in [5, 5.41) is 12.0. The summed E-state index contributed by atoms with van der Waals surface area (Å²) < 4.78 is 10.2. The summed E-state index contributed by atoms with van der Waals surface area (Å²) in [5.41, 5.74) is 7.43. The van der Waals surface area contributed by atoms with Gasteiger partial charge in [0, 0.05) is 5.56 Å². The van der Waals surface area contributed by atoms with Crippen LogP contribution in [0.3, 0.4) is 0 Å². The lowest BCUT2D eigenvalue weighted by Gasteiger charge is -2.31. The van der Waals surface area contributed by atoms with E-state index in [1.54, 1.807) is 32.9 Å². The number of benzene rings is 1. The molecule has 3 N–H and O–H groups in total. The molecule has 1 aliphatic carbocycles. The highest BCUT2D eigenvalue weighted by Crippen LogP contribution is 2.38. The maximum absolute atomic E-state index is 12.7. The Balaban J connectivity index is 2.40. The van der Waals surface area contributed by atoms with Gasteiger partial charge in [-0.2, -0.15) is 0 Å². The fourth-order valence-corrected chi connectivity index (χ4v) is 3.08. The lowest BCUT2D eigenvalue weighted by Crippen LogP contribution is -2.42. The Labute approximate surface area is 152 Å². The highest BCUT2D eigenvalue weighted by atomic mass is 16.6. The van der Waals surface area contributed by atoms with Crippen molar-refractivity contribution < 1.29 is 24.3 Å². The molecule has 8 heteroatoms. The van der Waals surface area contributed by atoms with Crippen molar-refractivity contribution in [1.29, 1.82) is 0 Å². The molecule has 0 spiro atoms. The third-order valence-electron chi connectivity index (χ3n) is 4.15. The lowest BCUT2D eigenvalue weighted by molar-refractivity contribution is -0.142. The summed E-state index contributed by atoms with van der Waals surface area (Å²) >= 11 is 0. The van der Waals surface area contributed by atoms with E-state index in [-0.39, 0.29) is 18.4 Å². The first kappa shape index (κ1) is 19.6. The van der Waals surface area contributed by atoms with Gasteiger partial charge in [0.15, 0.2) is 5.84 Å².